The summed E-state index contributed by atoms with van der Waals surface area (Å²) < 4.78 is 28.5. The number of ether oxygens (including phenoxy) is 2. The van der Waals surface area contributed by atoms with Crippen molar-refractivity contribution < 1.29 is 18.7 Å². The van der Waals surface area contributed by atoms with E-state index in [-0.39, 0.29) is 24.0 Å². The number of aromatic nitrogens is 3. The highest BCUT2D eigenvalue weighted by Gasteiger charge is 2.24. The van der Waals surface area contributed by atoms with E-state index in [9.17, 15) is 9.18 Å². The Labute approximate surface area is 156 Å². The lowest BCUT2D eigenvalue weighted by molar-refractivity contribution is -0.0300. The van der Waals surface area contributed by atoms with E-state index in [0.717, 1.165) is 19.3 Å². The number of hydrogen-bond donors (Lipinski definition) is 0. The third-order valence-electron chi connectivity index (χ3n) is 4.57. The number of carbonyl (C=O) groups is 1. The van der Waals surface area contributed by atoms with Gasteiger partial charge < -0.3 is 14.0 Å². The van der Waals surface area contributed by atoms with Gasteiger partial charge in [-0.05, 0) is 43.5 Å². The maximum absolute atomic E-state index is 14.3. The minimum atomic E-state index is -0.504. The molecule has 3 heterocycles. The molecule has 0 N–H and O–H groups in total. The van der Waals surface area contributed by atoms with Crippen molar-refractivity contribution in [2.24, 2.45) is 0 Å². The Morgan fingerprint density at radius 1 is 1.22 bits per heavy atom. The highest BCUT2D eigenvalue weighted by Crippen LogP contribution is 2.23. The van der Waals surface area contributed by atoms with Gasteiger partial charge in [-0.25, -0.2) is 13.9 Å². The maximum Gasteiger partial charge on any atom is 0.343 e. The fraction of sp³-hybridized carbons (Fsp3) is 0.300. The molecule has 1 fully saturated rings. The van der Waals surface area contributed by atoms with Crippen LogP contribution in [0.1, 0.15) is 29.6 Å². The minimum absolute atomic E-state index is 0.0701. The molecule has 1 saturated heterocycles. The Morgan fingerprint density at radius 2 is 2.04 bits per heavy atom. The van der Waals surface area contributed by atoms with Gasteiger partial charge in [-0.15, -0.1) is 0 Å². The molecule has 1 aliphatic heterocycles. The summed E-state index contributed by atoms with van der Waals surface area (Å²) in [7, 11) is 0. The number of rotatable bonds is 5. The van der Waals surface area contributed by atoms with Crippen molar-refractivity contribution in [3.63, 3.8) is 0 Å². The predicted molar refractivity (Wildman–Crippen MR) is 96.7 cm³/mol. The molecule has 6 nitrogen and oxygen atoms in total. The van der Waals surface area contributed by atoms with Gasteiger partial charge in [0.25, 0.3) is 0 Å². The summed E-state index contributed by atoms with van der Waals surface area (Å²) in [5.74, 6) is -0.500. The van der Waals surface area contributed by atoms with Crippen molar-refractivity contribution >= 4 is 5.97 Å². The Balaban J connectivity index is 1.64. The second-order valence-electron chi connectivity index (χ2n) is 6.42. The summed E-state index contributed by atoms with van der Waals surface area (Å²) in [5, 5.41) is 4.24. The Morgan fingerprint density at radius 3 is 2.78 bits per heavy atom. The summed E-state index contributed by atoms with van der Waals surface area (Å²) in [6.07, 6.45) is 7.88. The van der Waals surface area contributed by atoms with Crippen LogP contribution in [0.4, 0.5) is 4.39 Å². The molecule has 1 unspecified atom stereocenters. The lowest BCUT2D eigenvalue weighted by Gasteiger charge is -2.22. The van der Waals surface area contributed by atoms with Crippen LogP contribution >= 0.6 is 0 Å². The van der Waals surface area contributed by atoms with Crippen LogP contribution < -0.4 is 0 Å². The van der Waals surface area contributed by atoms with Gasteiger partial charge >= 0.3 is 5.97 Å². The average Bonchev–Trinajstić information content (AvgIpc) is 3.36. The van der Waals surface area contributed by atoms with Gasteiger partial charge in [-0.1, -0.05) is 12.1 Å². The van der Waals surface area contributed by atoms with Gasteiger partial charge in [0.2, 0.25) is 0 Å². The van der Waals surface area contributed by atoms with Crippen LogP contribution in [0, 0.1) is 5.82 Å². The standard InChI is InChI=1S/C20H20FN3O3/c21-17-8-1-2-9-18(17)24-19(23-10-4-5-11-23)16(13-22-24)20(25)27-14-15-7-3-6-12-26-15/h1-2,4-5,8-11,13,15H,3,6-7,12,14H2. The molecule has 0 aliphatic carbocycles. The Kier molecular flexibility index (Phi) is 5.02. The normalized spacial score (nSPS) is 17.0. The quantitative estimate of drug-likeness (QED) is 0.646. The van der Waals surface area contributed by atoms with Gasteiger partial charge in [-0.3, -0.25) is 0 Å². The molecule has 0 bridgehead atoms. The maximum atomic E-state index is 14.3. The molecule has 0 amide bonds. The molecule has 0 saturated carbocycles. The van der Waals surface area contributed by atoms with E-state index in [1.807, 2.05) is 12.1 Å². The van der Waals surface area contributed by atoms with Crippen LogP contribution in [0.15, 0.2) is 55.0 Å². The zero-order chi connectivity index (χ0) is 18.6. The number of hydrogen-bond acceptors (Lipinski definition) is 4. The topological polar surface area (TPSA) is 58.3 Å². The van der Waals surface area contributed by atoms with E-state index in [4.69, 9.17) is 9.47 Å². The van der Waals surface area contributed by atoms with E-state index in [1.54, 1.807) is 35.2 Å². The SMILES string of the molecule is O=C(OCC1CCCCO1)c1cnn(-c2ccccc2F)c1-n1cccc1. The van der Waals surface area contributed by atoms with E-state index >= 15 is 0 Å². The van der Waals surface area contributed by atoms with Crippen LogP contribution in [-0.4, -0.2) is 39.6 Å². The smallest absolute Gasteiger partial charge is 0.343 e. The van der Waals surface area contributed by atoms with Crippen molar-refractivity contribution in [3.05, 3.63) is 66.4 Å². The van der Waals surface area contributed by atoms with Gasteiger partial charge in [0.15, 0.2) is 5.82 Å². The number of nitrogens with zero attached hydrogens (tertiary/aromatic N) is 3. The third-order valence-corrected chi connectivity index (χ3v) is 4.57. The largest absolute Gasteiger partial charge is 0.459 e. The van der Waals surface area contributed by atoms with Gasteiger partial charge in [0.1, 0.15) is 23.7 Å². The van der Waals surface area contributed by atoms with E-state index in [0.29, 0.717) is 12.4 Å². The second kappa shape index (κ2) is 7.75. The van der Waals surface area contributed by atoms with E-state index in [1.165, 1.54) is 16.9 Å². The number of halogens is 1. The Hall–Kier alpha value is -2.93. The summed E-state index contributed by atoms with van der Waals surface area (Å²) in [6, 6.07) is 9.94. The molecule has 27 heavy (non-hydrogen) atoms. The first kappa shape index (κ1) is 17.5. The number of carbonyl (C=O) groups excluding carboxylic acids is 1. The van der Waals surface area contributed by atoms with Crippen LogP contribution in [0.2, 0.25) is 0 Å². The van der Waals surface area contributed by atoms with Crippen molar-refractivity contribution in [1.82, 2.24) is 14.3 Å². The van der Waals surface area contributed by atoms with Gasteiger partial charge in [0.05, 0.1) is 12.3 Å². The van der Waals surface area contributed by atoms with Crippen molar-refractivity contribution in [2.75, 3.05) is 13.2 Å². The molecule has 3 aromatic rings. The molecular formula is C20H20FN3O3. The molecule has 0 radical (unpaired) electrons. The van der Waals surface area contributed by atoms with Crippen molar-refractivity contribution in [3.8, 4) is 11.5 Å². The molecule has 0 spiro atoms. The lowest BCUT2D eigenvalue weighted by atomic mass is 10.1. The molecule has 7 heteroatoms. The summed E-state index contributed by atoms with van der Waals surface area (Å²) in [5.41, 5.74) is 0.529. The summed E-state index contributed by atoms with van der Waals surface area (Å²) in [6.45, 7) is 0.900. The second-order valence-corrected chi connectivity index (χ2v) is 6.42. The van der Waals surface area contributed by atoms with Crippen molar-refractivity contribution in [2.45, 2.75) is 25.4 Å². The first-order chi connectivity index (χ1) is 13.2. The van der Waals surface area contributed by atoms with Crippen molar-refractivity contribution in [1.29, 1.82) is 0 Å². The van der Waals surface area contributed by atoms with E-state index in [2.05, 4.69) is 5.10 Å². The van der Waals surface area contributed by atoms with Crippen LogP contribution in [0.25, 0.3) is 11.5 Å². The first-order valence-electron chi connectivity index (χ1n) is 8.99. The molecular weight excluding hydrogens is 349 g/mol. The molecule has 1 atom stereocenters. The van der Waals surface area contributed by atoms with Gasteiger partial charge in [-0.2, -0.15) is 5.10 Å². The number of esters is 1. The number of para-hydroxylation sites is 1. The highest BCUT2D eigenvalue weighted by atomic mass is 19.1. The summed E-state index contributed by atoms with van der Waals surface area (Å²) >= 11 is 0. The zero-order valence-corrected chi connectivity index (χ0v) is 14.8. The minimum Gasteiger partial charge on any atom is -0.459 e. The highest BCUT2D eigenvalue weighted by molar-refractivity contribution is 5.93. The zero-order valence-electron chi connectivity index (χ0n) is 14.8. The van der Waals surface area contributed by atoms with Crippen LogP contribution in [-0.2, 0) is 9.47 Å². The molecule has 1 aliphatic rings. The third kappa shape index (κ3) is 3.64. The van der Waals surface area contributed by atoms with Gasteiger partial charge in [0, 0.05) is 19.0 Å². The van der Waals surface area contributed by atoms with Crippen LogP contribution in [0.3, 0.4) is 0 Å². The fourth-order valence-corrected chi connectivity index (χ4v) is 3.20. The molecule has 4 rings (SSSR count). The molecule has 1 aromatic carbocycles. The summed E-state index contributed by atoms with van der Waals surface area (Å²) in [4.78, 5) is 12.7. The fourth-order valence-electron chi connectivity index (χ4n) is 3.20. The first-order valence-corrected chi connectivity index (χ1v) is 8.99. The predicted octanol–water partition coefficient (Wildman–Crippen LogP) is 3.53. The average molecular weight is 369 g/mol. The molecule has 2 aromatic heterocycles. The van der Waals surface area contributed by atoms with Crippen LogP contribution in [0.5, 0.6) is 0 Å². The monoisotopic (exact) mass is 369 g/mol. The lowest BCUT2D eigenvalue weighted by Crippen LogP contribution is -2.26. The number of benzene rings is 1. The van der Waals surface area contributed by atoms with E-state index < -0.39 is 11.8 Å². The Bertz CT molecular complexity index is 914. The molecule has 140 valence electrons.